The third-order valence-corrected chi connectivity index (χ3v) is 3.41. The molecular formula is C13H17NO4. The Morgan fingerprint density at radius 3 is 2.83 bits per heavy atom. The van der Waals surface area contributed by atoms with E-state index in [2.05, 4.69) is 0 Å². The summed E-state index contributed by atoms with van der Waals surface area (Å²) in [5.74, 6) is 2.52. The summed E-state index contributed by atoms with van der Waals surface area (Å²) in [5, 5.41) is 9.37. The van der Waals surface area contributed by atoms with Gasteiger partial charge < -0.3 is 25.1 Å². The second-order valence-corrected chi connectivity index (χ2v) is 4.77. The molecule has 0 bridgehead atoms. The third kappa shape index (κ3) is 2.23. The van der Waals surface area contributed by atoms with Crippen LogP contribution in [0, 0.1) is 5.92 Å². The third-order valence-electron chi connectivity index (χ3n) is 3.41. The first-order valence-corrected chi connectivity index (χ1v) is 6.20. The minimum absolute atomic E-state index is 0.0773. The molecule has 1 saturated carbocycles. The second kappa shape index (κ2) is 4.66. The molecule has 3 rings (SSSR count). The van der Waals surface area contributed by atoms with Gasteiger partial charge in [0, 0.05) is 12.1 Å². The Labute approximate surface area is 105 Å². The number of hydrogen-bond acceptors (Lipinski definition) is 5. The molecule has 0 radical (unpaired) electrons. The summed E-state index contributed by atoms with van der Waals surface area (Å²) in [5.41, 5.74) is 6.05. The molecule has 1 aromatic carbocycles. The first kappa shape index (κ1) is 11.6. The summed E-state index contributed by atoms with van der Waals surface area (Å²) in [6.45, 7) is 0.163. The Balaban J connectivity index is 1.70. The average Bonchev–Trinajstić information content (AvgIpc) is 3.13. The predicted octanol–water partition coefficient (Wildman–Crippen LogP) is 0.892. The molecule has 1 aliphatic heterocycles. The number of aliphatic hydroxyl groups excluding tert-OH is 1. The van der Waals surface area contributed by atoms with E-state index in [9.17, 15) is 5.11 Å². The molecule has 0 amide bonds. The highest BCUT2D eigenvalue weighted by molar-refractivity contribution is 5.46. The number of ether oxygens (including phenoxy) is 3. The van der Waals surface area contributed by atoms with Crippen molar-refractivity contribution in [3.8, 4) is 17.2 Å². The molecule has 2 aliphatic rings. The van der Waals surface area contributed by atoms with Crippen molar-refractivity contribution in [2.24, 2.45) is 11.7 Å². The van der Waals surface area contributed by atoms with Gasteiger partial charge in [0.2, 0.25) is 6.79 Å². The van der Waals surface area contributed by atoms with E-state index in [1.54, 1.807) is 18.2 Å². The molecule has 5 nitrogen and oxygen atoms in total. The van der Waals surface area contributed by atoms with Gasteiger partial charge in [0.25, 0.3) is 0 Å². The van der Waals surface area contributed by atoms with Gasteiger partial charge in [-0.15, -0.1) is 0 Å². The quantitative estimate of drug-likeness (QED) is 0.813. The molecular weight excluding hydrogens is 234 g/mol. The average molecular weight is 251 g/mol. The SMILES string of the molecule is NC(C1CC1)C(CO)Oc1ccc2c(c1)OCO2. The summed E-state index contributed by atoms with van der Waals surface area (Å²) >= 11 is 0. The molecule has 2 unspecified atom stereocenters. The van der Waals surface area contributed by atoms with Crippen LogP contribution < -0.4 is 19.9 Å². The standard InChI is InChI=1S/C13H17NO4/c14-13(8-1-2-8)12(6-15)18-9-3-4-10-11(5-9)17-7-16-10/h3-5,8,12-13,15H,1-2,6-7,14H2. The first-order chi connectivity index (χ1) is 8.78. The summed E-state index contributed by atoms with van der Waals surface area (Å²) < 4.78 is 16.2. The van der Waals surface area contributed by atoms with Crippen LogP contribution in [0.4, 0.5) is 0 Å². The molecule has 98 valence electrons. The Bertz CT molecular complexity index is 433. The minimum atomic E-state index is -0.363. The number of hydrogen-bond donors (Lipinski definition) is 2. The topological polar surface area (TPSA) is 73.9 Å². The van der Waals surface area contributed by atoms with Crippen LogP contribution >= 0.6 is 0 Å². The van der Waals surface area contributed by atoms with Gasteiger partial charge in [-0.3, -0.25) is 0 Å². The van der Waals surface area contributed by atoms with Crippen LogP contribution in [0.15, 0.2) is 18.2 Å². The molecule has 0 saturated heterocycles. The van der Waals surface area contributed by atoms with Crippen molar-refractivity contribution in [2.75, 3.05) is 13.4 Å². The highest BCUT2D eigenvalue weighted by atomic mass is 16.7. The lowest BCUT2D eigenvalue weighted by Crippen LogP contribution is -2.43. The second-order valence-electron chi connectivity index (χ2n) is 4.77. The van der Waals surface area contributed by atoms with E-state index < -0.39 is 0 Å². The maximum Gasteiger partial charge on any atom is 0.231 e. The van der Waals surface area contributed by atoms with Gasteiger partial charge in [0.1, 0.15) is 11.9 Å². The van der Waals surface area contributed by atoms with Crippen LogP contribution in [0.1, 0.15) is 12.8 Å². The van der Waals surface area contributed by atoms with Crippen molar-refractivity contribution >= 4 is 0 Å². The van der Waals surface area contributed by atoms with E-state index in [0.29, 0.717) is 17.4 Å². The highest BCUT2D eigenvalue weighted by Crippen LogP contribution is 2.37. The Kier molecular flexibility index (Phi) is 3.01. The van der Waals surface area contributed by atoms with Crippen LogP contribution in [0.2, 0.25) is 0 Å². The minimum Gasteiger partial charge on any atom is -0.486 e. The fourth-order valence-corrected chi connectivity index (χ4v) is 2.15. The van der Waals surface area contributed by atoms with Crippen LogP contribution in [0.25, 0.3) is 0 Å². The highest BCUT2D eigenvalue weighted by Gasteiger charge is 2.35. The van der Waals surface area contributed by atoms with Gasteiger partial charge in [-0.1, -0.05) is 0 Å². The van der Waals surface area contributed by atoms with Crippen molar-refractivity contribution in [3.63, 3.8) is 0 Å². The molecule has 1 heterocycles. The zero-order chi connectivity index (χ0) is 12.5. The number of rotatable bonds is 5. The van der Waals surface area contributed by atoms with Crippen molar-refractivity contribution in [1.29, 1.82) is 0 Å². The zero-order valence-corrected chi connectivity index (χ0v) is 10.0. The number of nitrogens with two attached hydrogens (primary N) is 1. The normalized spacial score (nSPS) is 20.6. The van der Waals surface area contributed by atoms with Crippen LogP contribution in [0.3, 0.4) is 0 Å². The van der Waals surface area contributed by atoms with Gasteiger partial charge >= 0.3 is 0 Å². The Hall–Kier alpha value is -1.46. The molecule has 1 fully saturated rings. The lowest BCUT2D eigenvalue weighted by atomic mass is 10.1. The van der Waals surface area contributed by atoms with Crippen LogP contribution in [0.5, 0.6) is 17.2 Å². The van der Waals surface area contributed by atoms with Gasteiger partial charge in [-0.2, -0.15) is 0 Å². The Morgan fingerprint density at radius 2 is 2.11 bits per heavy atom. The van der Waals surface area contributed by atoms with E-state index in [-0.39, 0.29) is 25.5 Å². The summed E-state index contributed by atoms with van der Waals surface area (Å²) in [7, 11) is 0. The summed E-state index contributed by atoms with van der Waals surface area (Å²) in [6.07, 6.45) is 1.89. The fourth-order valence-electron chi connectivity index (χ4n) is 2.15. The summed E-state index contributed by atoms with van der Waals surface area (Å²) in [4.78, 5) is 0. The molecule has 3 N–H and O–H groups in total. The number of aliphatic hydroxyl groups is 1. The Morgan fingerprint density at radius 1 is 1.33 bits per heavy atom. The van der Waals surface area contributed by atoms with Gasteiger partial charge in [-0.25, -0.2) is 0 Å². The van der Waals surface area contributed by atoms with Gasteiger partial charge in [0.15, 0.2) is 11.5 Å². The summed E-state index contributed by atoms with van der Waals surface area (Å²) in [6, 6.07) is 5.26. The van der Waals surface area contributed by atoms with E-state index in [1.807, 2.05) is 0 Å². The predicted molar refractivity (Wildman–Crippen MR) is 64.8 cm³/mol. The van der Waals surface area contributed by atoms with Gasteiger partial charge in [0.05, 0.1) is 6.61 Å². The van der Waals surface area contributed by atoms with Crippen molar-refractivity contribution in [3.05, 3.63) is 18.2 Å². The monoisotopic (exact) mass is 251 g/mol. The van der Waals surface area contributed by atoms with Crippen molar-refractivity contribution in [2.45, 2.75) is 25.0 Å². The largest absolute Gasteiger partial charge is 0.486 e. The first-order valence-electron chi connectivity index (χ1n) is 6.20. The van der Waals surface area contributed by atoms with E-state index >= 15 is 0 Å². The van der Waals surface area contributed by atoms with E-state index in [4.69, 9.17) is 19.9 Å². The molecule has 1 aliphatic carbocycles. The maximum absolute atomic E-state index is 9.37. The van der Waals surface area contributed by atoms with Crippen LogP contribution in [-0.4, -0.2) is 30.7 Å². The molecule has 1 aromatic rings. The fraction of sp³-hybridized carbons (Fsp3) is 0.538. The molecule has 2 atom stereocenters. The molecule has 0 spiro atoms. The molecule has 18 heavy (non-hydrogen) atoms. The lowest BCUT2D eigenvalue weighted by molar-refractivity contribution is 0.0880. The zero-order valence-electron chi connectivity index (χ0n) is 10.0. The smallest absolute Gasteiger partial charge is 0.231 e. The number of benzene rings is 1. The lowest BCUT2D eigenvalue weighted by Gasteiger charge is -2.23. The van der Waals surface area contributed by atoms with E-state index in [0.717, 1.165) is 18.6 Å². The van der Waals surface area contributed by atoms with Crippen LogP contribution in [-0.2, 0) is 0 Å². The van der Waals surface area contributed by atoms with Crippen molar-refractivity contribution < 1.29 is 19.3 Å². The van der Waals surface area contributed by atoms with Gasteiger partial charge in [-0.05, 0) is 30.9 Å². The van der Waals surface area contributed by atoms with Crippen molar-refractivity contribution in [1.82, 2.24) is 0 Å². The van der Waals surface area contributed by atoms with E-state index in [1.165, 1.54) is 0 Å². The molecule has 0 aromatic heterocycles. The maximum atomic E-state index is 9.37. The molecule has 5 heteroatoms. The number of fused-ring (bicyclic) bond motifs is 1.